The number of hydrogen-bond acceptors (Lipinski definition) is 5. The first-order valence-corrected chi connectivity index (χ1v) is 9.00. The number of nitrogens with zero attached hydrogens (tertiary/aromatic N) is 3. The van der Waals surface area contributed by atoms with Crippen molar-refractivity contribution in [3.05, 3.63) is 35.0 Å². The van der Waals surface area contributed by atoms with Gasteiger partial charge in [-0.25, -0.2) is 9.97 Å². The molecular weight excluding hydrogens is 316 g/mol. The highest BCUT2D eigenvalue weighted by Gasteiger charge is 2.26. The van der Waals surface area contributed by atoms with Gasteiger partial charge in [0.05, 0.1) is 17.8 Å². The first kappa shape index (κ1) is 14.7. The second-order valence-corrected chi connectivity index (χ2v) is 6.81. The molecule has 0 spiro atoms. The number of carbonyl (C=O) groups is 1. The largest absolute Gasteiger partial charge is 0.491 e. The molecule has 6 nitrogen and oxygen atoms in total. The summed E-state index contributed by atoms with van der Waals surface area (Å²) in [4.78, 5) is 24.2. The van der Waals surface area contributed by atoms with Crippen molar-refractivity contribution in [3.63, 3.8) is 0 Å². The normalized spacial score (nSPS) is 18.6. The Morgan fingerprint density at radius 2 is 2.04 bits per heavy atom. The van der Waals surface area contributed by atoms with Gasteiger partial charge >= 0.3 is 0 Å². The quantitative estimate of drug-likeness (QED) is 0.908. The number of amides is 1. The van der Waals surface area contributed by atoms with E-state index in [9.17, 15) is 4.79 Å². The number of anilines is 1. The Balaban J connectivity index is 1.63. The highest BCUT2D eigenvalue weighted by Crippen LogP contribution is 2.35. The summed E-state index contributed by atoms with van der Waals surface area (Å²) in [6.45, 7) is 3.09. The number of benzene rings is 1. The van der Waals surface area contributed by atoms with Crippen LogP contribution in [-0.4, -0.2) is 42.1 Å². The smallest absolute Gasteiger partial charge is 0.255 e. The van der Waals surface area contributed by atoms with E-state index in [4.69, 9.17) is 14.7 Å². The number of aromatic nitrogens is 2. The zero-order valence-electron chi connectivity index (χ0n) is 14.0. The van der Waals surface area contributed by atoms with Crippen molar-refractivity contribution in [2.75, 3.05) is 31.1 Å². The van der Waals surface area contributed by atoms with Crippen LogP contribution < -0.4 is 15.0 Å². The van der Waals surface area contributed by atoms with Gasteiger partial charge in [0.2, 0.25) is 5.95 Å². The van der Waals surface area contributed by atoms with Gasteiger partial charge in [-0.05, 0) is 43.9 Å². The Morgan fingerprint density at radius 3 is 2.88 bits per heavy atom. The lowest BCUT2D eigenvalue weighted by Crippen LogP contribution is -2.38. The average Bonchev–Trinajstić information content (AvgIpc) is 2.97. The highest BCUT2D eigenvalue weighted by molar-refractivity contribution is 5.98. The fraction of sp³-hybridized carbons (Fsp3) is 0.421. The predicted molar refractivity (Wildman–Crippen MR) is 94.2 cm³/mol. The summed E-state index contributed by atoms with van der Waals surface area (Å²) >= 11 is 0. The molecule has 1 fully saturated rings. The van der Waals surface area contributed by atoms with Crippen molar-refractivity contribution in [1.29, 1.82) is 0 Å². The molecule has 3 heterocycles. The van der Waals surface area contributed by atoms with Gasteiger partial charge in [-0.15, -0.1) is 0 Å². The Bertz CT molecular complexity index is 861. The van der Waals surface area contributed by atoms with E-state index in [-0.39, 0.29) is 5.91 Å². The van der Waals surface area contributed by atoms with Crippen LogP contribution in [0.4, 0.5) is 5.95 Å². The first-order chi connectivity index (χ1) is 12.3. The molecule has 0 atom stereocenters. The van der Waals surface area contributed by atoms with Crippen molar-refractivity contribution in [2.24, 2.45) is 0 Å². The van der Waals surface area contributed by atoms with Crippen molar-refractivity contribution < 1.29 is 9.53 Å². The van der Waals surface area contributed by atoms with E-state index in [2.05, 4.69) is 10.2 Å². The molecule has 3 aliphatic rings. The summed E-state index contributed by atoms with van der Waals surface area (Å²) in [5.74, 6) is 1.40. The third-order valence-electron chi connectivity index (χ3n) is 5.20. The van der Waals surface area contributed by atoms with Crippen LogP contribution in [-0.2, 0) is 12.8 Å². The molecule has 1 N–H and O–H groups in total. The van der Waals surface area contributed by atoms with Gasteiger partial charge in [-0.2, -0.15) is 0 Å². The number of nitrogens with one attached hydrogen (secondary N) is 1. The van der Waals surface area contributed by atoms with Gasteiger partial charge in [0.15, 0.2) is 0 Å². The molecule has 1 amide bonds. The molecule has 1 aromatic heterocycles. The molecule has 5 rings (SSSR count). The van der Waals surface area contributed by atoms with Crippen LogP contribution in [0.2, 0.25) is 0 Å². The standard InChI is InChI=1S/C19H20N4O2/c24-18-14-11-12(5-6-16(14)25-10-7-20-18)17-13-3-1-4-15(13)21-19(22-17)23-8-2-9-23/h5-6,11H,1-4,7-10H2,(H,20,24). The average molecular weight is 336 g/mol. The molecule has 0 unspecified atom stereocenters. The Kier molecular flexibility index (Phi) is 3.36. The van der Waals surface area contributed by atoms with Gasteiger partial charge in [0, 0.05) is 29.9 Å². The Morgan fingerprint density at radius 1 is 1.12 bits per heavy atom. The third-order valence-corrected chi connectivity index (χ3v) is 5.20. The monoisotopic (exact) mass is 336 g/mol. The second-order valence-electron chi connectivity index (χ2n) is 6.81. The second kappa shape index (κ2) is 5.72. The third kappa shape index (κ3) is 2.44. The van der Waals surface area contributed by atoms with Crippen molar-refractivity contribution >= 4 is 11.9 Å². The van der Waals surface area contributed by atoms with Crippen molar-refractivity contribution in [3.8, 4) is 17.0 Å². The number of hydrogen-bond donors (Lipinski definition) is 1. The minimum Gasteiger partial charge on any atom is -0.491 e. The molecule has 1 saturated heterocycles. The van der Waals surface area contributed by atoms with Gasteiger partial charge in [-0.3, -0.25) is 4.79 Å². The van der Waals surface area contributed by atoms with E-state index in [0.717, 1.165) is 49.6 Å². The van der Waals surface area contributed by atoms with E-state index < -0.39 is 0 Å². The van der Waals surface area contributed by atoms with E-state index >= 15 is 0 Å². The molecule has 0 saturated carbocycles. The summed E-state index contributed by atoms with van der Waals surface area (Å²) < 4.78 is 5.67. The molecule has 25 heavy (non-hydrogen) atoms. The summed E-state index contributed by atoms with van der Waals surface area (Å²) in [7, 11) is 0. The summed E-state index contributed by atoms with van der Waals surface area (Å²) in [5, 5.41) is 2.87. The number of rotatable bonds is 2. The maximum Gasteiger partial charge on any atom is 0.255 e. The minimum absolute atomic E-state index is 0.0805. The fourth-order valence-corrected chi connectivity index (χ4v) is 3.72. The lowest BCUT2D eigenvalue weighted by molar-refractivity contribution is 0.0957. The first-order valence-electron chi connectivity index (χ1n) is 9.00. The minimum atomic E-state index is -0.0805. The number of carbonyl (C=O) groups excluding carboxylic acids is 1. The molecule has 1 aromatic carbocycles. The van der Waals surface area contributed by atoms with Gasteiger partial charge in [-0.1, -0.05) is 0 Å². The molecule has 0 bridgehead atoms. The molecule has 128 valence electrons. The highest BCUT2D eigenvalue weighted by atomic mass is 16.5. The zero-order valence-corrected chi connectivity index (χ0v) is 14.0. The van der Waals surface area contributed by atoms with Crippen molar-refractivity contribution in [1.82, 2.24) is 15.3 Å². The molecule has 0 radical (unpaired) electrons. The Hall–Kier alpha value is -2.63. The molecular formula is C19H20N4O2. The van der Waals surface area contributed by atoms with Crippen LogP contribution in [0.15, 0.2) is 18.2 Å². The number of fused-ring (bicyclic) bond motifs is 2. The van der Waals surface area contributed by atoms with E-state index in [1.54, 1.807) is 0 Å². The maximum atomic E-state index is 12.3. The Labute approximate surface area is 146 Å². The van der Waals surface area contributed by atoms with Crippen LogP contribution in [0.5, 0.6) is 5.75 Å². The van der Waals surface area contributed by atoms with E-state index in [1.165, 1.54) is 17.7 Å². The fourth-order valence-electron chi connectivity index (χ4n) is 3.72. The SMILES string of the molecule is O=C1NCCOc2ccc(-c3nc(N4CCC4)nc4c3CCC4)cc21. The zero-order chi connectivity index (χ0) is 16.8. The summed E-state index contributed by atoms with van der Waals surface area (Å²) in [5.41, 5.74) is 4.94. The number of ether oxygens (including phenoxy) is 1. The lowest BCUT2D eigenvalue weighted by atomic mass is 10.0. The molecule has 2 aromatic rings. The van der Waals surface area contributed by atoms with E-state index in [0.29, 0.717) is 24.5 Å². The number of aryl methyl sites for hydroxylation is 1. The van der Waals surface area contributed by atoms with E-state index in [1.807, 2.05) is 18.2 Å². The van der Waals surface area contributed by atoms with Crippen LogP contribution in [0.3, 0.4) is 0 Å². The topological polar surface area (TPSA) is 67.3 Å². The molecule has 6 heteroatoms. The van der Waals surface area contributed by atoms with Gasteiger partial charge < -0.3 is 15.0 Å². The van der Waals surface area contributed by atoms with Crippen molar-refractivity contribution in [2.45, 2.75) is 25.7 Å². The summed E-state index contributed by atoms with van der Waals surface area (Å²) in [6, 6.07) is 5.82. The van der Waals surface area contributed by atoms with Crippen LogP contribution in [0.25, 0.3) is 11.3 Å². The van der Waals surface area contributed by atoms with Gasteiger partial charge in [0.1, 0.15) is 12.4 Å². The van der Waals surface area contributed by atoms with Crippen LogP contribution in [0, 0.1) is 0 Å². The molecule has 2 aliphatic heterocycles. The molecule has 1 aliphatic carbocycles. The predicted octanol–water partition coefficient (Wildman–Crippen LogP) is 1.96. The maximum absolute atomic E-state index is 12.3. The van der Waals surface area contributed by atoms with Crippen LogP contribution >= 0.6 is 0 Å². The van der Waals surface area contributed by atoms with Crippen LogP contribution in [0.1, 0.15) is 34.5 Å². The summed E-state index contributed by atoms with van der Waals surface area (Å²) in [6.07, 6.45) is 4.34. The lowest BCUT2D eigenvalue weighted by Gasteiger charge is -2.31. The van der Waals surface area contributed by atoms with Gasteiger partial charge in [0.25, 0.3) is 5.91 Å².